The van der Waals surface area contributed by atoms with Crippen LogP contribution in [0.3, 0.4) is 0 Å². The highest BCUT2D eigenvalue weighted by molar-refractivity contribution is 5.87. The van der Waals surface area contributed by atoms with Crippen molar-refractivity contribution < 1.29 is 19.0 Å². The molecule has 2 atom stereocenters. The van der Waals surface area contributed by atoms with Crippen molar-refractivity contribution in [2.75, 3.05) is 13.4 Å². The minimum absolute atomic E-state index is 0.149. The summed E-state index contributed by atoms with van der Waals surface area (Å²) in [5.41, 5.74) is 0.0934. The van der Waals surface area contributed by atoms with Crippen LogP contribution in [0.1, 0.15) is 71.6 Å². The highest BCUT2D eigenvalue weighted by Crippen LogP contribution is 2.60. The van der Waals surface area contributed by atoms with E-state index >= 15 is 0 Å². The van der Waals surface area contributed by atoms with E-state index < -0.39 is 0 Å². The van der Waals surface area contributed by atoms with Crippen molar-refractivity contribution in [2.24, 2.45) is 11.8 Å². The van der Waals surface area contributed by atoms with Crippen LogP contribution >= 0.6 is 0 Å². The number of carbonyl (C=O) groups is 1. The molecular formula is C20H32O4. The molecule has 0 aromatic carbocycles. The predicted octanol–water partition coefficient (Wildman–Crippen LogP) is 4.38. The number of carbonyl (C=O) groups excluding carboxylic acids is 1. The van der Waals surface area contributed by atoms with Crippen molar-refractivity contribution in [3.8, 4) is 0 Å². The quantitative estimate of drug-likeness (QED) is 0.271. The lowest BCUT2D eigenvalue weighted by Gasteiger charge is -2.60. The molecule has 4 rings (SSSR count). The molecular weight excluding hydrogens is 304 g/mol. The van der Waals surface area contributed by atoms with Gasteiger partial charge < -0.3 is 14.2 Å². The van der Waals surface area contributed by atoms with Crippen LogP contribution in [0.2, 0.25) is 0 Å². The largest absolute Gasteiger partial charge is 0.456 e. The fourth-order valence-corrected chi connectivity index (χ4v) is 5.27. The average Bonchev–Trinajstić information content (AvgIpc) is 2.52. The lowest BCUT2D eigenvalue weighted by Crippen LogP contribution is -2.61. The summed E-state index contributed by atoms with van der Waals surface area (Å²) in [6.07, 6.45) is 9.11. The molecule has 136 valence electrons. The molecule has 2 unspecified atom stereocenters. The molecule has 0 spiro atoms. The first-order valence-electron chi connectivity index (χ1n) is 9.62. The van der Waals surface area contributed by atoms with Crippen molar-refractivity contribution in [1.82, 2.24) is 0 Å². The maximum atomic E-state index is 12.3. The summed E-state index contributed by atoms with van der Waals surface area (Å²) in [5.74, 6) is 1.02. The Morgan fingerprint density at radius 2 is 1.79 bits per heavy atom. The Morgan fingerprint density at radius 1 is 1.12 bits per heavy atom. The number of esters is 1. The smallest absolute Gasteiger partial charge is 0.333 e. The van der Waals surface area contributed by atoms with Gasteiger partial charge in [0.15, 0.2) is 0 Å². The molecule has 0 radical (unpaired) electrons. The van der Waals surface area contributed by atoms with Crippen molar-refractivity contribution in [2.45, 2.75) is 82.8 Å². The maximum absolute atomic E-state index is 12.3. The van der Waals surface area contributed by atoms with Crippen LogP contribution < -0.4 is 0 Å². The minimum atomic E-state index is -0.331. The first-order valence-corrected chi connectivity index (χ1v) is 9.62. The van der Waals surface area contributed by atoms with Gasteiger partial charge in [-0.25, -0.2) is 4.79 Å². The first-order chi connectivity index (χ1) is 11.5. The summed E-state index contributed by atoms with van der Waals surface area (Å²) < 4.78 is 17.9. The zero-order chi connectivity index (χ0) is 17.2. The Hall–Kier alpha value is -0.870. The molecule has 0 heterocycles. The second-order valence-corrected chi connectivity index (χ2v) is 8.20. The van der Waals surface area contributed by atoms with E-state index in [9.17, 15) is 4.79 Å². The Morgan fingerprint density at radius 3 is 2.42 bits per heavy atom. The highest BCUT2D eigenvalue weighted by atomic mass is 16.7. The number of hydrogen-bond donors (Lipinski definition) is 0. The zero-order valence-corrected chi connectivity index (χ0v) is 15.3. The van der Waals surface area contributed by atoms with Crippen LogP contribution in [0.25, 0.3) is 0 Å². The van der Waals surface area contributed by atoms with Gasteiger partial charge in [0.25, 0.3) is 0 Å². The van der Waals surface area contributed by atoms with Crippen molar-refractivity contribution in [3.63, 3.8) is 0 Å². The van der Waals surface area contributed by atoms with E-state index in [0.29, 0.717) is 30.6 Å². The Bertz CT molecular complexity index is 470. The number of hydrogen-bond acceptors (Lipinski definition) is 4. The van der Waals surface area contributed by atoms with Gasteiger partial charge in [-0.05, 0) is 56.8 Å². The summed E-state index contributed by atoms with van der Waals surface area (Å²) in [6.45, 7) is 9.07. The first kappa shape index (κ1) is 17.9. The topological polar surface area (TPSA) is 44.8 Å². The summed E-state index contributed by atoms with van der Waals surface area (Å²) >= 11 is 0. The maximum Gasteiger partial charge on any atom is 0.333 e. The molecule has 4 fully saturated rings. The van der Waals surface area contributed by atoms with E-state index in [1.54, 1.807) is 0 Å². The van der Waals surface area contributed by atoms with E-state index in [1.165, 1.54) is 6.42 Å². The summed E-state index contributed by atoms with van der Waals surface area (Å²) in [7, 11) is 0. The monoisotopic (exact) mass is 336 g/mol. The summed E-state index contributed by atoms with van der Waals surface area (Å²) in [4.78, 5) is 12.3. The van der Waals surface area contributed by atoms with Crippen LogP contribution in [0.15, 0.2) is 12.2 Å². The molecule has 0 amide bonds. The lowest BCUT2D eigenvalue weighted by atomic mass is 9.52. The number of rotatable bonds is 9. The third kappa shape index (κ3) is 3.70. The van der Waals surface area contributed by atoms with Crippen LogP contribution in [-0.4, -0.2) is 30.6 Å². The molecule has 24 heavy (non-hydrogen) atoms. The van der Waals surface area contributed by atoms with Crippen molar-refractivity contribution in [3.05, 3.63) is 12.2 Å². The van der Waals surface area contributed by atoms with Crippen LogP contribution in [0.4, 0.5) is 0 Å². The van der Waals surface area contributed by atoms with Crippen molar-refractivity contribution >= 4 is 5.97 Å². The van der Waals surface area contributed by atoms with Gasteiger partial charge in [0.05, 0.1) is 5.60 Å². The molecule has 0 aromatic heterocycles. The zero-order valence-electron chi connectivity index (χ0n) is 15.3. The van der Waals surface area contributed by atoms with Gasteiger partial charge in [0.2, 0.25) is 0 Å². The molecule has 4 saturated carbocycles. The molecule has 0 saturated heterocycles. The summed E-state index contributed by atoms with van der Waals surface area (Å²) in [5, 5.41) is 0. The van der Waals surface area contributed by atoms with E-state index in [4.69, 9.17) is 14.2 Å². The second-order valence-electron chi connectivity index (χ2n) is 8.20. The molecule has 0 aliphatic heterocycles. The summed E-state index contributed by atoms with van der Waals surface area (Å²) in [6, 6.07) is 0. The molecule has 4 bridgehead atoms. The van der Waals surface area contributed by atoms with E-state index in [2.05, 4.69) is 13.5 Å². The Labute approximate surface area is 145 Å². The molecule has 4 aliphatic carbocycles. The molecule has 4 heteroatoms. The molecule has 4 aliphatic rings. The fourth-order valence-electron chi connectivity index (χ4n) is 5.27. The van der Waals surface area contributed by atoms with Crippen LogP contribution in [-0.2, 0) is 19.0 Å². The van der Waals surface area contributed by atoms with Gasteiger partial charge in [-0.1, -0.05) is 26.8 Å². The van der Waals surface area contributed by atoms with Gasteiger partial charge in [-0.2, -0.15) is 0 Å². The minimum Gasteiger partial charge on any atom is -0.456 e. The van der Waals surface area contributed by atoms with Gasteiger partial charge in [0, 0.05) is 18.6 Å². The lowest BCUT2D eigenvalue weighted by molar-refractivity contribution is -0.253. The average molecular weight is 336 g/mol. The van der Waals surface area contributed by atoms with E-state index in [0.717, 1.165) is 51.6 Å². The third-order valence-electron chi connectivity index (χ3n) is 6.07. The van der Waals surface area contributed by atoms with Gasteiger partial charge in [-0.3, -0.25) is 0 Å². The molecule has 0 aromatic rings. The standard InChI is InChI=1S/C20H32O4/c1-4-6-7-22-14-23-19-9-16-8-17(10-19)12-20(11-16,13-19)24-18(21)15(3)5-2/h16-17H,3-14H2,1-2H3. The second kappa shape index (κ2) is 7.17. The molecule has 0 N–H and O–H groups in total. The van der Waals surface area contributed by atoms with Gasteiger partial charge in [-0.15, -0.1) is 0 Å². The van der Waals surface area contributed by atoms with Crippen LogP contribution in [0, 0.1) is 11.8 Å². The Balaban J connectivity index is 1.63. The Kier molecular flexibility index (Phi) is 5.36. The normalized spacial score (nSPS) is 36.8. The molecule has 4 nitrogen and oxygen atoms in total. The highest BCUT2D eigenvalue weighted by Gasteiger charge is 2.60. The SMILES string of the molecule is C=C(CC)C(=O)OC12CC3CC(CC(OCOCCCC)(C3)C1)C2. The van der Waals surface area contributed by atoms with E-state index in [-0.39, 0.29) is 17.2 Å². The van der Waals surface area contributed by atoms with Crippen LogP contribution in [0.5, 0.6) is 0 Å². The third-order valence-corrected chi connectivity index (χ3v) is 6.07. The predicted molar refractivity (Wildman–Crippen MR) is 92.5 cm³/mol. The fraction of sp³-hybridized carbons (Fsp3) is 0.850. The van der Waals surface area contributed by atoms with Gasteiger partial charge in [0.1, 0.15) is 12.4 Å². The van der Waals surface area contributed by atoms with E-state index in [1.807, 2.05) is 6.92 Å². The van der Waals surface area contributed by atoms with Crippen molar-refractivity contribution in [1.29, 1.82) is 0 Å². The number of unbranched alkanes of at least 4 members (excludes halogenated alkanes) is 1. The van der Waals surface area contributed by atoms with Gasteiger partial charge >= 0.3 is 5.97 Å². The number of ether oxygens (including phenoxy) is 3.